The van der Waals surface area contributed by atoms with Crippen molar-refractivity contribution >= 4 is 22.9 Å². The molecule has 0 fully saturated rings. The Morgan fingerprint density at radius 1 is 1.21 bits per heavy atom. The summed E-state index contributed by atoms with van der Waals surface area (Å²) in [5.74, 6) is 0.00700. The normalized spacial score (nSPS) is 10.2. The van der Waals surface area contributed by atoms with Crippen molar-refractivity contribution in [2.45, 2.75) is 20.4 Å². The highest BCUT2D eigenvalue weighted by Gasteiger charge is 2.04. The van der Waals surface area contributed by atoms with Gasteiger partial charge in [-0.15, -0.1) is 11.3 Å². The highest BCUT2D eigenvalue weighted by atomic mass is 32.1. The minimum atomic E-state index is 0.00700. The molecule has 0 aliphatic heterocycles. The van der Waals surface area contributed by atoms with Crippen LogP contribution in [0.1, 0.15) is 15.3 Å². The van der Waals surface area contributed by atoms with Crippen LogP contribution in [0.4, 0.5) is 5.69 Å². The van der Waals surface area contributed by atoms with E-state index in [1.807, 2.05) is 30.3 Å². The van der Waals surface area contributed by atoms with Gasteiger partial charge < -0.3 is 10.6 Å². The molecule has 100 valence electrons. The van der Waals surface area contributed by atoms with Crippen LogP contribution < -0.4 is 10.6 Å². The molecule has 4 heteroatoms. The quantitative estimate of drug-likeness (QED) is 0.879. The zero-order valence-electron chi connectivity index (χ0n) is 11.2. The average Bonchev–Trinajstić information content (AvgIpc) is 2.74. The van der Waals surface area contributed by atoms with Crippen molar-refractivity contribution in [3.63, 3.8) is 0 Å². The number of thiophene rings is 1. The van der Waals surface area contributed by atoms with Crippen LogP contribution in [0.5, 0.6) is 0 Å². The number of hydrogen-bond donors (Lipinski definition) is 2. The van der Waals surface area contributed by atoms with Gasteiger partial charge in [0, 0.05) is 15.4 Å². The number of aryl methyl sites for hydroxylation is 2. The van der Waals surface area contributed by atoms with E-state index in [-0.39, 0.29) is 5.91 Å². The highest BCUT2D eigenvalue weighted by Crippen LogP contribution is 2.20. The molecule has 1 amide bonds. The van der Waals surface area contributed by atoms with E-state index >= 15 is 0 Å². The van der Waals surface area contributed by atoms with Crippen molar-refractivity contribution in [1.82, 2.24) is 5.32 Å². The van der Waals surface area contributed by atoms with Crippen LogP contribution in [0.3, 0.4) is 0 Å². The van der Waals surface area contributed by atoms with E-state index in [1.165, 1.54) is 15.3 Å². The summed E-state index contributed by atoms with van der Waals surface area (Å²) < 4.78 is 0. The second-order valence-corrected chi connectivity index (χ2v) is 5.79. The molecule has 2 N–H and O–H groups in total. The lowest BCUT2D eigenvalue weighted by Gasteiger charge is -2.06. The first kappa shape index (κ1) is 13.6. The summed E-state index contributed by atoms with van der Waals surface area (Å²) in [6.07, 6.45) is 0. The number of carbonyl (C=O) groups is 1. The molecular formula is C15H18N2OS. The largest absolute Gasteiger partial charge is 0.376 e. The summed E-state index contributed by atoms with van der Waals surface area (Å²) in [7, 11) is 0. The first-order valence-electron chi connectivity index (χ1n) is 6.26. The molecule has 0 saturated carbocycles. The van der Waals surface area contributed by atoms with Gasteiger partial charge in [-0.3, -0.25) is 4.79 Å². The van der Waals surface area contributed by atoms with Crippen LogP contribution in [-0.2, 0) is 11.3 Å². The molecule has 0 radical (unpaired) electrons. The maximum atomic E-state index is 11.7. The summed E-state index contributed by atoms with van der Waals surface area (Å²) in [5.41, 5.74) is 2.25. The molecular weight excluding hydrogens is 256 g/mol. The van der Waals surface area contributed by atoms with Crippen LogP contribution in [-0.4, -0.2) is 12.5 Å². The Morgan fingerprint density at radius 3 is 2.58 bits per heavy atom. The Labute approximate surface area is 117 Å². The van der Waals surface area contributed by atoms with Crippen molar-refractivity contribution in [1.29, 1.82) is 0 Å². The lowest BCUT2D eigenvalue weighted by molar-refractivity contribution is -0.119. The Kier molecular flexibility index (Phi) is 4.58. The molecule has 0 saturated heterocycles. The summed E-state index contributed by atoms with van der Waals surface area (Å²) >= 11 is 1.74. The van der Waals surface area contributed by atoms with E-state index in [0.29, 0.717) is 13.1 Å². The van der Waals surface area contributed by atoms with Crippen LogP contribution in [0.2, 0.25) is 0 Å². The number of rotatable bonds is 5. The second kappa shape index (κ2) is 6.38. The minimum Gasteiger partial charge on any atom is -0.376 e. The highest BCUT2D eigenvalue weighted by molar-refractivity contribution is 7.12. The van der Waals surface area contributed by atoms with Crippen LogP contribution in [0, 0.1) is 13.8 Å². The molecule has 19 heavy (non-hydrogen) atoms. The molecule has 1 heterocycles. The van der Waals surface area contributed by atoms with Gasteiger partial charge in [-0.1, -0.05) is 18.2 Å². The van der Waals surface area contributed by atoms with Gasteiger partial charge >= 0.3 is 0 Å². The molecule has 1 aromatic heterocycles. The summed E-state index contributed by atoms with van der Waals surface area (Å²) in [5, 5.41) is 6.01. The second-order valence-electron chi connectivity index (χ2n) is 4.45. The van der Waals surface area contributed by atoms with Crippen LogP contribution in [0.15, 0.2) is 36.4 Å². The van der Waals surface area contributed by atoms with E-state index < -0.39 is 0 Å². The fraction of sp³-hybridized carbons (Fsp3) is 0.267. The summed E-state index contributed by atoms with van der Waals surface area (Å²) in [6.45, 7) is 5.10. The van der Waals surface area contributed by atoms with E-state index in [9.17, 15) is 4.79 Å². The monoisotopic (exact) mass is 274 g/mol. The number of anilines is 1. The summed E-state index contributed by atoms with van der Waals surface area (Å²) in [4.78, 5) is 14.2. The fourth-order valence-electron chi connectivity index (χ4n) is 1.72. The van der Waals surface area contributed by atoms with Gasteiger partial charge in [-0.25, -0.2) is 0 Å². The molecule has 2 rings (SSSR count). The fourth-order valence-corrected chi connectivity index (χ4v) is 2.72. The Bertz CT molecular complexity index is 529. The molecule has 3 nitrogen and oxygen atoms in total. The number of amides is 1. The smallest absolute Gasteiger partial charge is 0.239 e. The van der Waals surface area contributed by atoms with Crippen LogP contribution in [0.25, 0.3) is 0 Å². The number of hydrogen-bond acceptors (Lipinski definition) is 3. The SMILES string of the molecule is Cc1cc(CNC(=O)CNc2ccccc2)sc1C. The average molecular weight is 274 g/mol. The number of carbonyl (C=O) groups excluding carboxylic acids is 1. The van der Waals surface area contributed by atoms with E-state index in [2.05, 4.69) is 30.5 Å². The van der Waals surface area contributed by atoms with Crippen molar-refractivity contribution in [3.05, 3.63) is 51.7 Å². The molecule has 2 aromatic rings. The Balaban J connectivity index is 1.76. The Hall–Kier alpha value is -1.81. The number of para-hydroxylation sites is 1. The van der Waals surface area contributed by atoms with E-state index in [1.54, 1.807) is 11.3 Å². The van der Waals surface area contributed by atoms with Gasteiger partial charge in [0.1, 0.15) is 0 Å². The number of benzene rings is 1. The lowest BCUT2D eigenvalue weighted by atomic mass is 10.3. The van der Waals surface area contributed by atoms with Crippen molar-refractivity contribution in [3.8, 4) is 0 Å². The Morgan fingerprint density at radius 2 is 1.95 bits per heavy atom. The van der Waals surface area contributed by atoms with Gasteiger partial charge in [0.2, 0.25) is 5.91 Å². The van der Waals surface area contributed by atoms with Gasteiger partial charge in [0.15, 0.2) is 0 Å². The lowest BCUT2D eigenvalue weighted by Crippen LogP contribution is -2.29. The third kappa shape index (κ3) is 4.10. The van der Waals surface area contributed by atoms with E-state index in [0.717, 1.165) is 5.69 Å². The molecule has 0 bridgehead atoms. The molecule has 0 aliphatic carbocycles. The van der Waals surface area contributed by atoms with Crippen molar-refractivity contribution < 1.29 is 4.79 Å². The topological polar surface area (TPSA) is 41.1 Å². The zero-order valence-corrected chi connectivity index (χ0v) is 12.0. The van der Waals surface area contributed by atoms with Crippen molar-refractivity contribution in [2.24, 2.45) is 0 Å². The first-order valence-corrected chi connectivity index (χ1v) is 7.08. The molecule has 0 aliphatic rings. The molecule has 0 unspecified atom stereocenters. The molecule has 0 spiro atoms. The summed E-state index contributed by atoms with van der Waals surface area (Å²) in [6, 6.07) is 11.9. The maximum absolute atomic E-state index is 11.7. The molecule has 1 aromatic carbocycles. The van der Waals surface area contributed by atoms with Gasteiger partial charge in [0.05, 0.1) is 13.1 Å². The standard InChI is InChI=1S/C15H18N2OS/c1-11-8-14(19-12(11)2)9-17-15(18)10-16-13-6-4-3-5-7-13/h3-8,16H,9-10H2,1-2H3,(H,17,18). The zero-order chi connectivity index (χ0) is 13.7. The minimum absolute atomic E-state index is 0.00700. The predicted octanol–water partition coefficient (Wildman–Crippen LogP) is 3.09. The maximum Gasteiger partial charge on any atom is 0.239 e. The van der Waals surface area contributed by atoms with Gasteiger partial charge in [-0.05, 0) is 37.6 Å². The predicted molar refractivity (Wildman–Crippen MR) is 80.6 cm³/mol. The molecule has 0 atom stereocenters. The third-order valence-corrected chi connectivity index (χ3v) is 4.06. The van der Waals surface area contributed by atoms with E-state index in [4.69, 9.17) is 0 Å². The van der Waals surface area contributed by atoms with Gasteiger partial charge in [0.25, 0.3) is 0 Å². The first-order chi connectivity index (χ1) is 9.15. The third-order valence-electron chi connectivity index (χ3n) is 2.90. The number of nitrogens with one attached hydrogen (secondary N) is 2. The van der Waals surface area contributed by atoms with Gasteiger partial charge in [-0.2, -0.15) is 0 Å². The van der Waals surface area contributed by atoms with Crippen LogP contribution >= 0.6 is 11.3 Å². The van der Waals surface area contributed by atoms with Crippen molar-refractivity contribution in [2.75, 3.05) is 11.9 Å².